The second-order valence-corrected chi connectivity index (χ2v) is 20.9. The standard InChI is InChI=1S/C66H118O6/c1-4-7-10-13-16-19-22-25-28-31-32-33-34-36-38-41-44-47-50-53-56-59-65(68)71-62-63(61-70-64(67)58-55-52-49-46-43-40-37-30-27-24-21-18-15-12-9-6-3)72-66(69)60-57-54-51-48-45-42-39-35-29-26-23-20-17-14-11-8-5-2/h8,11,17,20,22,25-26,29,31-32,63H,4-7,9-10,12-16,18-19,21,23-24,27-28,30,33-62H2,1-3H3/b11-8-,20-17-,25-22-,29-26-,32-31-. The minimum absolute atomic E-state index is 0.0765. The average molecular weight is 1010 g/mol. The number of rotatable bonds is 57. The molecule has 0 aliphatic rings. The van der Waals surface area contributed by atoms with Crippen LogP contribution in [-0.4, -0.2) is 37.2 Å². The Morgan fingerprint density at radius 2 is 0.542 bits per heavy atom. The van der Waals surface area contributed by atoms with Gasteiger partial charge >= 0.3 is 17.9 Å². The first-order valence-corrected chi connectivity index (χ1v) is 31.3. The van der Waals surface area contributed by atoms with Crippen LogP contribution in [0, 0.1) is 0 Å². The Labute approximate surface area is 447 Å². The third-order valence-electron chi connectivity index (χ3n) is 13.8. The summed E-state index contributed by atoms with van der Waals surface area (Å²) in [5.41, 5.74) is 0. The van der Waals surface area contributed by atoms with Gasteiger partial charge in [-0.15, -0.1) is 0 Å². The molecule has 0 aromatic rings. The van der Waals surface area contributed by atoms with Crippen LogP contribution in [0.4, 0.5) is 0 Å². The molecule has 0 aromatic carbocycles. The van der Waals surface area contributed by atoms with Crippen molar-refractivity contribution in [2.24, 2.45) is 0 Å². The van der Waals surface area contributed by atoms with E-state index < -0.39 is 6.10 Å². The lowest BCUT2D eigenvalue weighted by atomic mass is 10.0. The van der Waals surface area contributed by atoms with Gasteiger partial charge in [0.05, 0.1) is 0 Å². The first kappa shape index (κ1) is 69.1. The quantitative estimate of drug-likeness (QED) is 0.0261. The molecule has 0 fully saturated rings. The number of carbonyl (C=O) groups excluding carboxylic acids is 3. The molecular formula is C66H118O6. The van der Waals surface area contributed by atoms with Crippen molar-refractivity contribution >= 4 is 17.9 Å². The normalized spacial score (nSPS) is 12.4. The second-order valence-electron chi connectivity index (χ2n) is 20.9. The molecule has 0 saturated heterocycles. The molecule has 0 aliphatic carbocycles. The van der Waals surface area contributed by atoms with Crippen molar-refractivity contribution in [2.45, 2.75) is 329 Å². The molecule has 0 N–H and O–H groups in total. The molecule has 418 valence electrons. The van der Waals surface area contributed by atoms with Crippen molar-refractivity contribution in [3.05, 3.63) is 60.8 Å². The largest absolute Gasteiger partial charge is 0.462 e. The molecule has 6 nitrogen and oxygen atoms in total. The fourth-order valence-corrected chi connectivity index (χ4v) is 9.08. The first-order chi connectivity index (χ1) is 35.5. The molecule has 72 heavy (non-hydrogen) atoms. The fraction of sp³-hybridized carbons (Fsp3) is 0.803. The van der Waals surface area contributed by atoms with Gasteiger partial charge in [-0.2, -0.15) is 0 Å². The van der Waals surface area contributed by atoms with Crippen LogP contribution < -0.4 is 0 Å². The zero-order valence-electron chi connectivity index (χ0n) is 47.9. The summed E-state index contributed by atoms with van der Waals surface area (Å²) in [7, 11) is 0. The van der Waals surface area contributed by atoms with Gasteiger partial charge in [-0.25, -0.2) is 0 Å². The van der Waals surface area contributed by atoms with Crippen molar-refractivity contribution in [1.82, 2.24) is 0 Å². The summed E-state index contributed by atoms with van der Waals surface area (Å²) < 4.78 is 16.9. The minimum atomic E-state index is -0.780. The van der Waals surface area contributed by atoms with Gasteiger partial charge in [0.15, 0.2) is 6.10 Å². The summed E-state index contributed by atoms with van der Waals surface area (Å²) in [6, 6.07) is 0. The van der Waals surface area contributed by atoms with Gasteiger partial charge in [0.25, 0.3) is 0 Å². The van der Waals surface area contributed by atoms with Gasteiger partial charge in [-0.1, -0.05) is 281 Å². The Bertz CT molecular complexity index is 1290. The molecule has 0 saturated carbocycles. The topological polar surface area (TPSA) is 78.9 Å². The summed E-state index contributed by atoms with van der Waals surface area (Å²) in [4.78, 5) is 38.3. The maximum absolute atomic E-state index is 12.9. The highest BCUT2D eigenvalue weighted by Gasteiger charge is 2.19. The van der Waals surface area contributed by atoms with Crippen molar-refractivity contribution in [1.29, 1.82) is 0 Å². The van der Waals surface area contributed by atoms with E-state index >= 15 is 0 Å². The average Bonchev–Trinajstić information content (AvgIpc) is 3.38. The van der Waals surface area contributed by atoms with E-state index in [-0.39, 0.29) is 31.1 Å². The molecule has 6 heteroatoms. The van der Waals surface area contributed by atoms with E-state index in [1.807, 2.05) is 0 Å². The van der Waals surface area contributed by atoms with E-state index in [0.29, 0.717) is 19.3 Å². The molecule has 0 bridgehead atoms. The molecule has 0 heterocycles. The molecule has 0 spiro atoms. The molecule has 1 atom stereocenters. The number of hydrogen-bond donors (Lipinski definition) is 0. The van der Waals surface area contributed by atoms with E-state index in [1.165, 1.54) is 193 Å². The molecule has 0 radical (unpaired) electrons. The highest BCUT2D eigenvalue weighted by Crippen LogP contribution is 2.17. The molecule has 1 unspecified atom stereocenters. The number of esters is 3. The van der Waals surface area contributed by atoms with Crippen LogP contribution in [0.2, 0.25) is 0 Å². The Morgan fingerprint density at radius 1 is 0.292 bits per heavy atom. The summed E-state index contributed by atoms with van der Waals surface area (Å²) in [5.74, 6) is -0.873. The van der Waals surface area contributed by atoms with Crippen LogP contribution in [-0.2, 0) is 28.6 Å². The zero-order chi connectivity index (χ0) is 52.2. The van der Waals surface area contributed by atoms with Crippen LogP contribution in [0.3, 0.4) is 0 Å². The van der Waals surface area contributed by atoms with Gasteiger partial charge in [-0.3, -0.25) is 14.4 Å². The maximum atomic E-state index is 12.9. The molecule has 0 amide bonds. The third-order valence-corrected chi connectivity index (χ3v) is 13.8. The smallest absolute Gasteiger partial charge is 0.306 e. The number of unbranched alkanes of at least 4 members (excludes halogenated alkanes) is 36. The van der Waals surface area contributed by atoms with Crippen molar-refractivity contribution in [3.63, 3.8) is 0 Å². The highest BCUT2D eigenvalue weighted by atomic mass is 16.6. The van der Waals surface area contributed by atoms with Crippen LogP contribution in [0.15, 0.2) is 60.8 Å². The van der Waals surface area contributed by atoms with Crippen LogP contribution in [0.25, 0.3) is 0 Å². The number of carbonyl (C=O) groups is 3. The number of allylic oxidation sites excluding steroid dienone is 10. The van der Waals surface area contributed by atoms with Crippen molar-refractivity contribution in [2.75, 3.05) is 13.2 Å². The fourth-order valence-electron chi connectivity index (χ4n) is 9.08. The monoisotopic (exact) mass is 1010 g/mol. The van der Waals surface area contributed by atoms with Gasteiger partial charge in [0, 0.05) is 19.3 Å². The Hall–Kier alpha value is -2.89. The van der Waals surface area contributed by atoms with Crippen molar-refractivity contribution < 1.29 is 28.6 Å². The predicted molar refractivity (Wildman–Crippen MR) is 312 cm³/mol. The highest BCUT2D eigenvalue weighted by molar-refractivity contribution is 5.71. The molecule has 0 aromatic heterocycles. The lowest BCUT2D eigenvalue weighted by Gasteiger charge is -2.18. The Balaban J connectivity index is 4.35. The van der Waals surface area contributed by atoms with Gasteiger partial charge in [-0.05, 0) is 83.5 Å². The van der Waals surface area contributed by atoms with E-state index in [1.54, 1.807) is 0 Å². The molecule has 0 aliphatic heterocycles. The number of ether oxygens (including phenoxy) is 3. The minimum Gasteiger partial charge on any atom is -0.462 e. The van der Waals surface area contributed by atoms with Crippen LogP contribution >= 0.6 is 0 Å². The number of hydrogen-bond acceptors (Lipinski definition) is 6. The maximum Gasteiger partial charge on any atom is 0.306 e. The van der Waals surface area contributed by atoms with Crippen LogP contribution in [0.1, 0.15) is 323 Å². The lowest BCUT2D eigenvalue weighted by Crippen LogP contribution is -2.30. The third kappa shape index (κ3) is 58.0. The predicted octanol–water partition coefficient (Wildman–Crippen LogP) is 21.2. The van der Waals surface area contributed by atoms with E-state index in [9.17, 15) is 14.4 Å². The zero-order valence-corrected chi connectivity index (χ0v) is 47.9. The van der Waals surface area contributed by atoms with Crippen LogP contribution in [0.5, 0.6) is 0 Å². The van der Waals surface area contributed by atoms with Crippen molar-refractivity contribution in [3.8, 4) is 0 Å². The summed E-state index contributed by atoms with van der Waals surface area (Å²) >= 11 is 0. The molecular weight excluding hydrogens is 889 g/mol. The van der Waals surface area contributed by atoms with Gasteiger partial charge in [0.1, 0.15) is 13.2 Å². The molecule has 0 rings (SSSR count). The summed E-state index contributed by atoms with van der Waals surface area (Å²) in [5, 5.41) is 0. The summed E-state index contributed by atoms with van der Waals surface area (Å²) in [6.45, 7) is 6.55. The Morgan fingerprint density at radius 3 is 0.847 bits per heavy atom. The van der Waals surface area contributed by atoms with Gasteiger partial charge in [0.2, 0.25) is 0 Å². The van der Waals surface area contributed by atoms with E-state index in [2.05, 4.69) is 81.5 Å². The van der Waals surface area contributed by atoms with Gasteiger partial charge < -0.3 is 14.2 Å². The lowest BCUT2D eigenvalue weighted by molar-refractivity contribution is -0.167. The van der Waals surface area contributed by atoms with E-state index in [4.69, 9.17) is 14.2 Å². The first-order valence-electron chi connectivity index (χ1n) is 31.3. The second kappa shape index (κ2) is 60.7. The Kier molecular flexibility index (Phi) is 58.2. The summed E-state index contributed by atoms with van der Waals surface area (Å²) in [6.07, 6.45) is 76.4. The SMILES string of the molecule is CC/C=C\C/C=C\C/C=C\CCCCCCCCCC(=O)OC(COC(=O)CCCCCCCCCCC/C=C\C/C=C\CCCCCCC)COC(=O)CCCCCCCCCCCCCCCCCC. The van der Waals surface area contributed by atoms with E-state index in [0.717, 1.165) is 89.9 Å².